The molecule has 3 N–H and O–H groups in total. The largest absolute Gasteiger partial charge is 0.444 e. The Kier molecular flexibility index (Phi) is 4.59. The zero-order valence-corrected chi connectivity index (χ0v) is 10.6. The van der Waals surface area contributed by atoms with Crippen LogP contribution in [-0.4, -0.2) is 24.3 Å². The highest BCUT2D eigenvalue weighted by atomic mass is 16.6. The lowest BCUT2D eigenvalue weighted by molar-refractivity contribution is 0.0514. The summed E-state index contributed by atoms with van der Waals surface area (Å²) in [5, 5.41) is 2.81. The van der Waals surface area contributed by atoms with Gasteiger partial charge >= 0.3 is 6.09 Å². The van der Waals surface area contributed by atoms with E-state index in [2.05, 4.69) is 5.32 Å². The minimum Gasteiger partial charge on any atom is -0.444 e. The number of hydrogen-bond donors (Lipinski definition) is 2. The molecular weight excluding hydrogens is 204 g/mol. The molecule has 1 saturated carbocycles. The van der Waals surface area contributed by atoms with E-state index in [0.29, 0.717) is 18.5 Å². The van der Waals surface area contributed by atoms with E-state index in [9.17, 15) is 4.79 Å². The number of rotatable bonds is 2. The SMILES string of the molecule is CC(C)(C)OC(=O)NC[C@H]1CCC[C@H](N)C1. The van der Waals surface area contributed by atoms with Crippen LogP contribution in [0, 0.1) is 5.92 Å². The fraction of sp³-hybridized carbons (Fsp3) is 0.917. The maximum Gasteiger partial charge on any atom is 0.407 e. The first kappa shape index (κ1) is 13.3. The maximum atomic E-state index is 11.4. The van der Waals surface area contributed by atoms with Crippen LogP contribution in [0.2, 0.25) is 0 Å². The second kappa shape index (κ2) is 5.53. The molecule has 1 aliphatic rings. The van der Waals surface area contributed by atoms with Gasteiger partial charge in [-0.25, -0.2) is 4.79 Å². The molecule has 0 spiro atoms. The van der Waals surface area contributed by atoms with E-state index in [4.69, 9.17) is 10.5 Å². The minimum absolute atomic E-state index is 0.305. The molecule has 0 unspecified atom stereocenters. The van der Waals surface area contributed by atoms with Gasteiger partial charge in [0.2, 0.25) is 0 Å². The van der Waals surface area contributed by atoms with Crippen molar-refractivity contribution in [3.63, 3.8) is 0 Å². The molecule has 0 aromatic heterocycles. The van der Waals surface area contributed by atoms with E-state index < -0.39 is 5.60 Å². The highest BCUT2D eigenvalue weighted by Gasteiger charge is 2.21. The van der Waals surface area contributed by atoms with Crippen LogP contribution >= 0.6 is 0 Å². The van der Waals surface area contributed by atoms with Gasteiger partial charge in [0.25, 0.3) is 0 Å². The Morgan fingerprint density at radius 3 is 2.69 bits per heavy atom. The van der Waals surface area contributed by atoms with Crippen molar-refractivity contribution in [2.24, 2.45) is 11.7 Å². The van der Waals surface area contributed by atoms with Crippen molar-refractivity contribution in [3.05, 3.63) is 0 Å². The minimum atomic E-state index is -0.424. The summed E-state index contributed by atoms with van der Waals surface area (Å²) in [7, 11) is 0. The second-order valence-electron chi connectivity index (χ2n) is 5.68. The molecular formula is C12H24N2O2. The monoisotopic (exact) mass is 228 g/mol. The number of carbonyl (C=O) groups excluding carboxylic acids is 1. The van der Waals surface area contributed by atoms with Gasteiger partial charge in [0.1, 0.15) is 5.60 Å². The molecule has 16 heavy (non-hydrogen) atoms. The van der Waals surface area contributed by atoms with Crippen LogP contribution in [0.4, 0.5) is 4.79 Å². The lowest BCUT2D eigenvalue weighted by Gasteiger charge is -2.27. The lowest BCUT2D eigenvalue weighted by atomic mass is 9.86. The van der Waals surface area contributed by atoms with E-state index in [1.54, 1.807) is 0 Å². The molecule has 1 aliphatic carbocycles. The van der Waals surface area contributed by atoms with Gasteiger partial charge in [0.05, 0.1) is 0 Å². The molecule has 0 radical (unpaired) electrons. The van der Waals surface area contributed by atoms with Crippen LogP contribution in [0.3, 0.4) is 0 Å². The lowest BCUT2D eigenvalue weighted by Crippen LogP contribution is -2.38. The predicted octanol–water partition coefficient (Wildman–Crippen LogP) is 2.03. The van der Waals surface area contributed by atoms with Gasteiger partial charge in [-0.3, -0.25) is 0 Å². The van der Waals surface area contributed by atoms with Crippen LogP contribution in [0.25, 0.3) is 0 Å². The summed E-state index contributed by atoms with van der Waals surface area (Å²) >= 11 is 0. The standard InChI is InChI=1S/C12H24N2O2/c1-12(2,3)16-11(15)14-8-9-5-4-6-10(13)7-9/h9-10H,4-8,13H2,1-3H3,(H,14,15)/t9-,10-/m0/s1. The molecule has 4 heteroatoms. The third-order valence-electron chi connectivity index (χ3n) is 2.76. The average Bonchev–Trinajstić information content (AvgIpc) is 2.12. The molecule has 2 atom stereocenters. The summed E-state index contributed by atoms with van der Waals surface area (Å²) in [4.78, 5) is 11.4. The van der Waals surface area contributed by atoms with E-state index in [1.165, 1.54) is 6.42 Å². The summed E-state index contributed by atoms with van der Waals surface area (Å²) in [6.45, 7) is 6.28. The molecule has 4 nitrogen and oxygen atoms in total. The predicted molar refractivity (Wildman–Crippen MR) is 64.2 cm³/mol. The van der Waals surface area contributed by atoms with Crippen LogP contribution in [-0.2, 0) is 4.74 Å². The molecule has 0 saturated heterocycles. The number of alkyl carbamates (subject to hydrolysis) is 1. The highest BCUT2D eigenvalue weighted by molar-refractivity contribution is 5.67. The zero-order chi connectivity index (χ0) is 12.2. The van der Waals surface area contributed by atoms with Crippen LogP contribution < -0.4 is 11.1 Å². The van der Waals surface area contributed by atoms with Crippen molar-refractivity contribution in [3.8, 4) is 0 Å². The van der Waals surface area contributed by atoms with Crippen molar-refractivity contribution >= 4 is 6.09 Å². The van der Waals surface area contributed by atoms with Gasteiger partial charge in [-0.15, -0.1) is 0 Å². The van der Waals surface area contributed by atoms with Crippen molar-refractivity contribution in [1.82, 2.24) is 5.32 Å². The Labute approximate surface area is 97.9 Å². The smallest absolute Gasteiger partial charge is 0.407 e. The topological polar surface area (TPSA) is 64.3 Å². The number of carbonyl (C=O) groups is 1. The Bertz CT molecular complexity index is 236. The summed E-state index contributed by atoms with van der Waals surface area (Å²) in [5.74, 6) is 0.510. The molecule has 0 aliphatic heterocycles. The van der Waals surface area contributed by atoms with Gasteiger partial charge in [-0.05, 0) is 46.0 Å². The molecule has 0 aromatic carbocycles. The van der Waals surface area contributed by atoms with E-state index in [1.807, 2.05) is 20.8 Å². The Morgan fingerprint density at radius 1 is 1.44 bits per heavy atom. The van der Waals surface area contributed by atoms with E-state index in [-0.39, 0.29) is 6.09 Å². The molecule has 0 bridgehead atoms. The van der Waals surface area contributed by atoms with E-state index >= 15 is 0 Å². The molecule has 1 rings (SSSR count). The third kappa shape index (κ3) is 5.35. The summed E-state index contributed by atoms with van der Waals surface area (Å²) in [5.41, 5.74) is 5.47. The van der Waals surface area contributed by atoms with Crippen molar-refractivity contribution in [2.45, 2.75) is 58.1 Å². The normalized spacial score (nSPS) is 26.2. The second-order valence-corrected chi connectivity index (χ2v) is 5.68. The average molecular weight is 228 g/mol. The molecule has 0 aromatic rings. The summed E-state index contributed by atoms with van der Waals surface area (Å²) in [6.07, 6.45) is 4.12. The summed E-state index contributed by atoms with van der Waals surface area (Å²) < 4.78 is 5.17. The first-order valence-corrected chi connectivity index (χ1v) is 6.09. The molecule has 1 fully saturated rings. The Morgan fingerprint density at radius 2 is 2.12 bits per heavy atom. The fourth-order valence-electron chi connectivity index (χ4n) is 2.06. The number of ether oxygens (including phenoxy) is 1. The van der Waals surface area contributed by atoms with Crippen LogP contribution in [0.15, 0.2) is 0 Å². The summed E-state index contributed by atoms with van der Waals surface area (Å²) in [6, 6.07) is 0.305. The molecule has 0 heterocycles. The number of hydrogen-bond acceptors (Lipinski definition) is 3. The zero-order valence-electron chi connectivity index (χ0n) is 10.6. The number of nitrogens with two attached hydrogens (primary N) is 1. The number of nitrogens with one attached hydrogen (secondary N) is 1. The van der Waals surface area contributed by atoms with Crippen molar-refractivity contribution in [1.29, 1.82) is 0 Å². The Hall–Kier alpha value is -0.770. The fourth-order valence-corrected chi connectivity index (χ4v) is 2.06. The van der Waals surface area contributed by atoms with E-state index in [0.717, 1.165) is 19.3 Å². The van der Waals surface area contributed by atoms with Gasteiger partial charge in [-0.1, -0.05) is 6.42 Å². The van der Waals surface area contributed by atoms with Crippen molar-refractivity contribution in [2.75, 3.05) is 6.54 Å². The quantitative estimate of drug-likeness (QED) is 0.760. The van der Waals surface area contributed by atoms with Crippen molar-refractivity contribution < 1.29 is 9.53 Å². The van der Waals surface area contributed by atoms with Gasteiger partial charge in [0, 0.05) is 12.6 Å². The molecule has 1 amide bonds. The van der Waals surface area contributed by atoms with Gasteiger partial charge < -0.3 is 15.8 Å². The van der Waals surface area contributed by atoms with Gasteiger partial charge in [-0.2, -0.15) is 0 Å². The third-order valence-corrected chi connectivity index (χ3v) is 2.76. The van der Waals surface area contributed by atoms with Crippen LogP contribution in [0.5, 0.6) is 0 Å². The first-order valence-electron chi connectivity index (χ1n) is 6.09. The number of amides is 1. The molecule has 94 valence electrons. The Balaban J connectivity index is 2.21. The van der Waals surface area contributed by atoms with Crippen LogP contribution in [0.1, 0.15) is 46.5 Å². The highest BCUT2D eigenvalue weighted by Crippen LogP contribution is 2.22. The first-order chi connectivity index (χ1) is 7.37. The van der Waals surface area contributed by atoms with Gasteiger partial charge in [0.15, 0.2) is 0 Å². The maximum absolute atomic E-state index is 11.4.